The van der Waals surface area contributed by atoms with Crippen LogP contribution in [-0.2, 0) is 10.0 Å². The molecule has 9 heteroatoms. The van der Waals surface area contributed by atoms with Crippen molar-refractivity contribution < 1.29 is 8.42 Å². The fraction of sp³-hybridized carbons (Fsp3) is 0.444. The van der Waals surface area contributed by atoms with Crippen LogP contribution in [0.5, 0.6) is 0 Å². The van der Waals surface area contributed by atoms with Crippen molar-refractivity contribution in [3.8, 4) is 0 Å². The second-order valence-corrected chi connectivity index (χ2v) is 9.12. The minimum atomic E-state index is -3.66. The largest absolute Gasteiger partial charge is 0.392 e. The zero-order valence-corrected chi connectivity index (χ0v) is 14.4. The first-order valence-electron chi connectivity index (χ1n) is 4.91. The van der Waals surface area contributed by atoms with E-state index < -0.39 is 16.1 Å². The quantitative estimate of drug-likeness (QED) is 0.757. The van der Waals surface area contributed by atoms with Crippen molar-refractivity contribution in [2.45, 2.75) is 24.1 Å². The number of hydrogen-bond acceptors (Lipinski definition) is 4. The number of halogens is 2. The lowest BCUT2D eigenvalue weighted by atomic mass is 10.1. The van der Waals surface area contributed by atoms with Crippen molar-refractivity contribution >= 4 is 66.1 Å². The van der Waals surface area contributed by atoms with Gasteiger partial charge in [0.15, 0.2) is 0 Å². The van der Waals surface area contributed by atoms with Crippen molar-refractivity contribution in [2.24, 2.45) is 11.7 Å². The van der Waals surface area contributed by atoms with E-state index in [2.05, 4.69) is 20.7 Å². The van der Waals surface area contributed by atoms with Gasteiger partial charge in [0.05, 0.1) is 19.8 Å². The lowest BCUT2D eigenvalue weighted by Gasteiger charge is -2.20. The number of sulfonamides is 1. The summed E-state index contributed by atoms with van der Waals surface area (Å²) in [4.78, 5) is 0.121. The summed E-state index contributed by atoms with van der Waals surface area (Å²) in [6, 6.07) is 0.805. The highest BCUT2D eigenvalue weighted by molar-refractivity contribution is 9.11. The third-order valence-electron chi connectivity index (χ3n) is 2.14. The Bertz CT molecular complexity index is 537. The van der Waals surface area contributed by atoms with E-state index in [1.165, 1.54) is 6.07 Å². The van der Waals surface area contributed by atoms with Crippen LogP contribution in [0.2, 0.25) is 5.02 Å². The zero-order valence-electron chi connectivity index (χ0n) is 9.61. The molecule has 0 spiro atoms. The highest BCUT2D eigenvalue weighted by Crippen LogP contribution is 2.34. The first-order chi connectivity index (χ1) is 8.15. The molecule has 1 aromatic heterocycles. The molecule has 0 bridgehead atoms. The number of hydrogen-bond donors (Lipinski definition) is 2. The lowest BCUT2D eigenvalue weighted by molar-refractivity contribution is 0.527. The van der Waals surface area contributed by atoms with Crippen LogP contribution in [0.1, 0.15) is 13.8 Å². The van der Waals surface area contributed by atoms with Crippen molar-refractivity contribution in [3.63, 3.8) is 0 Å². The summed E-state index contributed by atoms with van der Waals surface area (Å²) in [5.74, 6) is -0.0313. The summed E-state index contributed by atoms with van der Waals surface area (Å²) in [7, 11) is -3.66. The minimum absolute atomic E-state index is 0.0313. The summed E-state index contributed by atoms with van der Waals surface area (Å²) in [6.07, 6.45) is 0. The SMILES string of the molecule is CC(C)C(NS(=O)(=O)c1cc(Cl)c(Br)s1)C(N)=S. The number of nitrogens with one attached hydrogen (secondary N) is 1. The van der Waals surface area contributed by atoms with Crippen LogP contribution in [0, 0.1) is 5.92 Å². The first-order valence-corrected chi connectivity index (χ1v) is 8.79. The van der Waals surface area contributed by atoms with Crippen LogP contribution in [-0.4, -0.2) is 19.4 Å². The van der Waals surface area contributed by atoms with Crippen LogP contribution in [0.25, 0.3) is 0 Å². The molecule has 0 amide bonds. The highest BCUT2D eigenvalue weighted by atomic mass is 79.9. The van der Waals surface area contributed by atoms with E-state index in [4.69, 9.17) is 29.6 Å². The molecule has 0 aliphatic carbocycles. The smallest absolute Gasteiger partial charge is 0.250 e. The van der Waals surface area contributed by atoms with E-state index >= 15 is 0 Å². The van der Waals surface area contributed by atoms with E-state index in [0.717, 1.165) is 11.3 Å². The highest BCUT2D eigenvalue weighted by Gasteiger charge is 2.26. The monoisotopic (exact) mass is 390 g/mol. The summed E-state index contributed by atoms with van der Waals surface area (Å²) >= 11 is 14.9. The Hall–Kier alpha value is 0.270. The second kappa shape index (κ2) is 6.15. The predicted octanol–water partition coefficient (Wildman–Crippen LogP) is 2.75. The van der Waals surface area contributed by atoms with Gasteiger partial charge in [0.25, 0.3) is 10.0 Å². The maximum atomic E-state index is 12.1. The van der Waals surface area contributed by atoms with E-state index in [9.17, 15) is 8.42 Å². The van der Waals surface area contributed by atoms with Crippen LogP contribution < -0.4 is 10.5 Å². The molecule has 4 nitrogen and oxygen atoms in total. The van der Waals surface area contributed by atoms with Gasteiger partial charge in [-0.3, -0.25) is 0 Å². The van der Waals surface area contributed by atoms with Gasteiger partial charge in [0.1, 0.15) is 4.21 Å². The molecule has 0 fully saturated rings. The Morgan fingerprint density at radius 2 is 2.17 bits per heavy atom. The molecule has 18 heavy (non-hydrogen) atoms. The van der Waals surface area contributed by atoms with Crippen molar-refractivity contribution in [3.05, 3.63) is 14.9 Å². The number of thiocarbonyl (C=S) groups is 1. The first kappa shape index (κ1) is 16.3. The Kier molecular flexibility index (Phi) is 5.58. The summed E-state index contributed by atoms with van der Waals surface area (Å²) in [5, 5.41) is 0.358. The Labute approximate surface area is 129 Å². The van der Waals surface area contributed by atoms with Crippen LogP contribution in [0.15, 0.2) is 14.1 Å². The predicted molar refractivity (Wildman–Crippen MR) is 82.8 cm³/mol. The van der Waals surface area contributed by atoms with Crippen molar-refractivity contribution in [1.82, 2.24) is 4.72 Å². The van der Waals surface area contributed by atoms with Gasteiger partial charge in [-0.1, -0.05) is 37.7 Å². The van der Waals surface area contributed by atoms with E-state index in [0.29, 0.717) is 8.81 Å². The third kappa shape index (κ3) is 3.88. The number of nitrogens with two attached hydrogens (primary N) is 1. The van der Waals surface area contributed by atoms with Gasteiger partial charge in [-0.2, -0.15) is 0 Å². The van der Waals surface area contributed by atoms with Crippen LogP contribution in [0.3, 0.4) is 0 Å². The molecular weight excluding hydrogens is 380 g/mol. The minimum Gasteiger partial charge on any atom is -0.392 e. The van der Waals surface area contributed by atoms with Gasteiger partial charge in [0, 0.05) is 0 Å². The maximum Gasteiger partial charge on any atom is 0.250 e. The van der Waals surface area contributed by atoms with Crippen LogP contribution >= 0.6 is 51.1 Å². The molecule has 0 saturated carbocycles. The Morgan fingerprint density at radius 1 is 1.61 bits per heavy atom. The molecular formula is C9H12BrClN2O2S3. The molecule has 102 valence electrons. The third-order valence-corrected chi connectivity index (χ3v) is 6.79. The molecule has 0 aliphatic rings. The number of rotatable bonds is 5. The number of thiophene rings is 1. The molecule has 1 unspecified atom stereocenters. The maximum absolute atomic E-state index is 12.1. The standard InChI is InChI=1S/C9H12BrClN2O2S3/c1-4(2)7(9(12)16)13-18(14,15)6-3-5(11)8(10)17-6/h3-4,7,13H,1-2H3,(H2,12,16). The van der Waals surface area contributed by atoms with Crippen molar-refractivity contribution in [1.29, 1.82) is 0 Å². The van der Waals surface area contributed by atoms with Gasteiger partial charge < -0.3 is 5.73 Å². The molecule has 1 atom stereocenters. The molecule has 3 N–H and O–H groups in total. The average molecular weight is 392 g/mol. The average Bonchev–Trinajstić information content (AvgIpc) is 2.56. The van der Waals surface area contributed by atoms with Gasteiger partial charge >= 0.3 is 0 Å². The van der Waals surface area contributed by atoms with Crippen molar-refractivity contribution in [2.75, 3.05) is 0 Å². The zero-order chi connectivity index (χ0) is 14.1. The van der Waals surface area contributed by atoms with Gasteiger partial charge in [0.2, 0.25) is 0 Å². The molecule has 0 aliphatic heterocycles. The molecule has 1 rings (SSSR count). The Balaban J connectivity index is 3.04. The van der Waals surface area contributed by atoms with E-state index in [-0.39, 0.29) is 15.1 Å². The van der Waals surface area contributed by atoms with Crippen LogP contribution in [0.4, 0.5) is 0 Å². The molecule has 0 radical (unpaired) electrons. The second-order valence-electron chi connectivity index (χ2n) is 3.93. The Morgan fingerprint density at radius 3 is 2.50 bits per heavy atom. The van der Waals surface area contributed by atoms with Gasteiger partial charge in [-0.25, -0.2) is 13.1 Å². The topological polar surface area (TPSA) is 72.2 Å². The molecule has 0 aromatic carbocycles. The van der Waals surface area contributed by atoms with Gasteiger partial charge in [-0.05, 0) is 27.9 Å². The fourth-order valence-electron chi connectivity index (χ4n) is 1.21. The lowest BCUT2D eigenvalue weighted by Crippen LogP contribution is -2.46. The van der Waals surface area contributed by atoms with Gasteiger partial charge in [-0.15, -0.1) is 11.3 Å². The van der Waals surface area contributed by atoms with E-state index in [1.807, 2.05) is 13.8 Å². The van der Waals surface area contributed by atoms with E-state index in [1.54, 1.807) is 0 Å². The molecule has 1 heterocycles. The summed E-state index contributed by atoms with van der Waals surface area (Å²) in [6.45, 7) is 3.67. The molecule has 0 saturated heterocycles. The summed E-state index contributed by atoms with van der Waals surface area (Å²) in [5.41, 5.74) is 5.53. The summed E-state index contributed by atoms with van der Waals surface area (Å²) < 4.78 is 27.4. The molecule has 1 aromatic rings. The fourth-order valence-corrected chi connectivity index (χ4v) is 5.39. The normalized spacial score (nSPS) is 13.8.